The van der Waals surface area contributed by atoms with Gasteiger partial charge in [0, 0.05) is 77.3 Å². The van der Waals surface area contributed by atoms with Gasteiger partial charge < -0.3 is 25.5 Å². The van der Waals surface area contributed by atoms with Crippen LogP contribution in [0.5, 0.6) is 11.5 Å². The quantitative estimate of drug-likeness (QED) is 0.0380. The van der Waals surface area contributed by atoms with E-state index in [1.54, 1.807) is 38.4 Å². The summed E-state index contributed by atoms with van der Waals surface area (Å²) < 4.78 is 40.2. The number of nitrogens with zero attached hydrogens (tertiary/aromatic N) is 4. The lowest BCUT2D eigenvalue weighted by atomic mass is 9.73. The van der Waals surface area contributed by atoms with Gasteiger partial charge in [0.2, 0.25) is 0 Å². The summed E-state index contributed by atoms with van der Waals surface area (Å²) in [5.41, 5.74) is 10.2. The number of aliphatic hydroxyl groups excluding tert-OH is 1. The number of allylic oxidation sites excluding steroid dienone is 1. The number of amides is 1. The molecule has 3 aromatic heterocycles. The van der Waals surface area contributed by atoms with Gasteiger partial charge in [0.15, 0.2) is 0 Å². The highest BCUT2D eigenvalue weighted by Crippen LogP contribution is 2.46. The van der Waals surface area contributed by atoms with Crippen LogP contribution >= 0.6 is 23.3 Å². The van der Waals surface area contributed by atoms with Gasteiger partial charge in [-0.15, -0.1) is 11.3 Å². The van der Waals surface area contributed by atoms with Gasteiger partial charge in [0.05, 0.1) is 28.9 Å². The predicted molar refractivity (Wildman–Crippen MR) is 246 cm³/mol. The Morgan fingerprint density at radius 2 is 1.84 bits per heavy atom. The maximum atomic E-state index is 15.5. The number of anilines is 2. The highest BCUT2D eigenvalue weighted by atomic mass is 32.2. The summed E-state index contributed by atoms with van der Waals surface area (Å²) in [6.07, 6.45) is 6.23. The molecule has 2 aliphatic rings. The van der Waals surface area contributed by atoms with Crippen molar-refractivity contribution < 1.29 is 28.3 Å². The van der Waals surface area contributed by atoms with Crippen LogP contribution < -0.4 is 20.1 Å². The number of carbonyl (C=O) groups is 1. The number of nitrogens with one attached hydrogen (secondary N) is 2. The van der Waals surface area contributed by atoms with Crippen molar-refractivity contribution in [1.29, 1.82) is 0 Å². The number of fused-ring (bicyclic) bond motifs is 1. The second-order valence-electron chi connectivity index (χ2n) is 17.6. The summed E-state index contributed by atoms with van der Waals surface area (Å²) >= 11 is 2.46. The number of thiophene rings is 1. The number of piperazine rings is 1. The smallest absolute Gasteiger partial charge is 0.293 e. The van der Waals surface area contributed by atoms with E-state index in [-0.39, 0.29) is 34.5 Å². The molecule has 6 aromatic rings. The molecule has 3 aromatic carbocycles. The van der Waals surface area contributed by atoms with E-state index in [4.69, 9.17) is 10.5 Å². The van der Waals surface area contributed by atoms with E-state index in [0.717, 1.165) is 79.9 Å². The van der Waals surface area contributed by atoms with E-state index in [0.29, 0.717) is 33.2 Å². The molecule has 0 bridgehead atoms. The second kappa shape index (κ2) is 17.8. The summed E-state index contributed by atoms with van der Waals surface area (Å²) in [7, 11) is 0. The van der Waals surface area contributed by atoms with Crippen molar-refractivity contribution in [2.75, 3.05) is 50.0 Å². The Hall–Kier alpha value is -5.81. The van der Waals surface area contributed by atoms with E-state index in [2.05, 4.69) is 38.3 Å². The normalized spacial score (nSPS) is 15.8. The molecule has 12 nitrogen and oxygen atoms in total. The van der Waals surface area contributed by atoms with E-state index in [1.165, 1.54) is 46.7 Å². The number of pyridine rings is 1. The zero-order valence-corrected chi connectivity index (χ0v) is 37.1. The Morgan fingerprint density at radius 1 is 1.08 bits per heavy atom. The summed E-state index contributed by atoms with van der Waals surface area (Å²) in [6.45, 7) is 11.7. The van der Waals surface area contributed by atoms with Crippen LogP contribution in [0, 0.1) is 27.2 Å². The monoisotopic (exact) mass is 893 g/mol. The molecule has 1 amide bonds. The number of nitrogen functional groups attached to an aromatic ring is 1. The number of benzene rings is 3. The number of ether oxygens (including phenoxy) is 1. The standard InChI is InChI=1S/C47H49F2N7O5S2/c1-46(2)11-9-29(36(23-46)42-18-30(26-62-42)43-37(48)19-31(20-38(43)49)47(3,4)27-57)25-54-13-15-55(16-14-54)32-5-7-35(41(21-32)61-33-17-28-10-12-51-44(28)52-24-33)45(58)53-63-34-6-8-39(50)40(22-34)56(59)60/h5-8,10,12,17-22,24,26,57H,9,11,13-16,23,25,27,50H2,1-4H3,(H,51,52)(H,53,58). The van der Waals surface area contributed by atoms with Crippen molar-refractivity contribution in [3.8, 4) is 22.6 Å². The molecule has 0 atom stereocenters. The number of halogens is 2. The van der Waals surface area contributed by atoms with Crippen molar-refractivity contribution in [3.63, 3.8) is 0 Å². The number of aliphatic hydroxyl groups is 1. The van der Waals surface area contributed by atoms with Gasteiger partial charge in [0.25, 0.3) is 11.6 Å². The molecule has 4 heterocycles. The fourth-order valence-corrected chi connectivity index (χ4v) is 9.77. The lowest BCUT2D eigenvalue weighted by Gasteiger charge is -2.39. The third kappa shape index (κ3) is 9.59. The minimum atomic E-state index is -0.772. The minimum absolute atomic E-state index is 0.0313. The van der Waals surface area contributed by atoms with Gasteiger partial charge in [-0.05, 0) is 113 Å². The van der Waals surface area contributed by atoms with Crippen LogP contribution in [0.25, 0.3) is 27.7 Å². The van der Waals surface area contributed by atoms with Crippen molar-refractivity contribution in [2.45, 2.75) is 57.3 Å². The molecule has 0 radical (unpaired) electrons. The summed E-state index contributed by atoms with van der Waals surface area (Å²) in [6, 6.07) is 18.1. The maximum absolute atomic E-state index is 15.5. The Balaban J connectivity index is 0.994. The van der Waals surface area contributed by atoms with Crippen LogP contribution in [0.3, 0.4) is 0 Å². The fraction of sp³-hybridized carbons (Fsp3) is 0.319. The summed E-state index contributed by atoms with van der Waals surface area (Å²) in [5, 5.41) is 23.9. The number of aromatic nitrogens is 2. The third-order valence-corrected chi connectivity index (χ3v) is 13.8. The SMILES string of the molecule is CC1(C)CCC(CN2CCN(c3ccc(C(=O)NSc4ccc(N)c([N+](=O)[O-])c4)c(Oc4cnc5[nH]ccc5c4)c3)CC2)=C(c2cc(-c3c(F)cc(C(C)(C)CO)cc3F)cs2)C1. The Kier molecular flexibility index (Phi) is 12.3. The Morgan fingerprint density at radius 3 is 2.57 bits per heavy atom. The topological polar surface area (TPSA) is 163 Å². The molecule has 1 fully saturated rings. The number of aromatic amines is 1. The summed E-state index contributed by atoms with van der Waals surface area (Å²) in [4.78, 5) is 38.3. The van der Waals surface area contributed by atoms with E-state index >= 15 is 8.78 Å². The molecule has 16 heteroatoms. The molecule has 328 valence electrons. The van der Waals surface area contributed by atoms with Crippen molar-refractivity contribution in [2.24, 2.45) is 5.41 Å². The highest BCUT2D eigenvalue weighted by molar-refractivity contribution is 7.98. The number of rotatable bonds is 13. The lowest BCUT2D eigenvalue weighted by molar-refractivity contribution is -0.384. The molecular formula is C47H49F2N7O5S2. The lowest BCUT2D eigenvalue weighted by Crippen LogP contribution is -2.47. The van der Waals surface area contributed by atoms with Crippen molar-refractivity contribution >= 4 is 62.9 Å². The predicted octanol–water partition coefficient (Wildman–Crippen LogP) is 10.3. The Labute approximate surface area is 372 Å². The molecule has 0 unspecified atom stereocenters. The molecule has 8 rings (SSSR count). The van der Waals surface area contributed by atoms with Crippen LogP contribution in [0.4, 0.5) is 25.8 Å². The number of H-pyrrole nitrogens is 1. The van der Waals surface area contributed by atoms with Gasteiger partial charge in [-0.2, -0.15) is 0 Å². The Bertz CT molecular complexity index is 2720. The average Bonchev–Trinajstić information content (AvgIpc) is 3.94. The number of nitro groups is 1. The van der Waals surface area contributed by atoms with E-state index in [9.17, 15) is 20.0 Å². The first-order valence-corrected chi connectivity index (χ1v) is 22.4. The first-order valence-electron chi connectivity index (χ1n) is 20.7. The first kappa shape index (κ1) is 43.8. The second-order valence-corrected chi connectivity index (χ2v) is 19.4. The van der Waals surface area contributed by atoms with E-state index < -0.39 is 27.9 Å². The third-order valence-electron chi connectivity index (χ3n) is 12.0. The zero-order valence-electron chi connectivity index (χ0n) is 35.5. The van der Waals surface area contributed by atoms with Gasteiger partial charge in [-0.25, -0.2) is 13.8 Å². The number of nitrogens with two attached hydrogens (primary N) is 1. The number of hydrogen-bond acceptors (Lipinski definition) is 11. The summed E-state index contributed by atoms with van der Waals surface area (Å²) in [5.74, 6) is -0.945. The van der Waals surface area contributed by atoms with E-state index in [1.807, 2.05) is 35.7 Å². The van der Waals surface area contributed by atoms with Crippen LogP contribution in [-0.2, 0) is 5.41 Å². The fourth-order valence-electron chi connectivity index (χ4n) is 8.15. The van der Waals surface area contributed by atoms with Crippen molar-refractivity contribution in [3.05, 3.63) is 128 Å². The van der Waals surface area contributed by atoms with Crippen LogP contribution in [-0.4, -0.2) is 70.1 Å². The zero-order chi connectivity index (χ0) is 44.6. The van der Waals surface area contributed by atoms with Crippen molar-refractivity contribution in [1.82, 2.24) is 19.6 Å². The molecule has 1 saturated heterocycles. The molecule has 0 spiro atoms. The molecule has 1 aliphatic heterocycles. The number of nitro benzene ring substituents is 1. The largest absolute Gasteiger partial charge is 0.455 e. The van der Waals surface area contributed by atoms with Crippen LogP contribution in [0.2, 0.25) is 0 Å². The van der Waals surface area contributed by atoms with Crippen LogP contribution in [0.15, 0.2) is 95.0 Å². The molecular weight excluding hydrogens is 845 g/mol. The molecule has 5 N–H and O–H groups in total. The molecule has 0 saturated carbocycles. The highest BCUT2D eigenvalue weighted by Gasteiger charge is 2.31. The first-order chi connectivity index (χ1) is 30.1. The van der Waals surface area contributed by atoms with Gasteiger partial charge in [0.1, 0.15) is 34.5 Å². The van der Waals surface area contributed by atoms with Gasteiger partial charge in [-0.1, -0.05) is 33.3 Å². The molecule has 63 heavy (non-hydrogen) atoms. The average molecular weight is 894 g/mol. The number of hydrogen-bond donors (Lipinski definition) is 4. The van der Waals surface area contributed by atoms with Gasteiger partial charge >= 0.3 is 0 Å². The van der Waals surface area contributed by atoms with Gasteiger partial charge in [-0.3, -0.25) is 24.5 Å². The molecule has 1 aliphatic carbocycles. The maximum Gasteiger partial charge on any atom is 0.293 e. The van der Waals surface area contributed by atoms with Crippen LogP contribution in [0.1, 0.15) is 67.8 Å². The number of carbonyl (C=O) groups excluding carboxylic acids is 1. The minimum Gasteiger partial charge on any atom is -0.455 e.